The van der Waals surface area contributed by atoms with Crippen LogP contribution in [0.15, 0.2) is 24.4 Å². The Morgan fingerprint density at radius 2 is 2.00 bits per heavy atom. The number of hydrogen-bond acceptors (Lipinski definition) is 2. The van der Waals surface area contributed by atoms with Crippen LogP contribution in [0.5, 0.6) is 0 Å². The second-order valence-electron chi connectivity index (χ2n) is 4.17. The predicted octanol–water partition coefficient (Wildman–Crippen LogP) is 2.24. The molecule has 3 heteroatoms. The first-order valence-corrected chi connectivity index (χ1v) is 5.55. The third-order valence-electron chi connectivity index (χ3n) is 3.17. The van der Waals surface area contributed by atoms with Crippen molar-refractivity contribution >= 4 is 11.3 Å². The molecule has 0 atom stereocenters. The number of anilines is 1. The molecule has 0 amide bonds. The number of nitrogens with zero attached hydrogens (tertiary/aromatic N) is 3. The fourth-order valence-corrected chi connectivity index (χ4v) is 2.34. The average molecular weight is 201 g/mol. The van der Waals surface area contributed by atoms with E-state index in [0.717, 1.165) is 13.1 Å². The maximum Gasteiger partial charge on any atom is 0.154 e. The first-order valence-electron chi connectivity index (χ1n) is 5.55. The molecule has 1 saturated heterocycles. The smallest absolute Gasteiger partial charge is 0.154 e. The molecule has 1 fully saturated rings. The van der Waals surface area contributed by atoms with Crippen LogP contribution in [0.3, 0.4) is 0 Å². The highest BCUT2D eigenvalue weighted by atomic mass is 15.3. The highest BCUT2D eigenvalue weighted by Crippen LogP contribution is 2.25. The van der Waals surface area contributed by atoms with E-state index in [4.69, 9.17) is 0 Å². The first kappa shape index (κ1) is 8.77. The summed E-state index contributed by atoms with van der Waals surface area (Å²) in [6, 6.07) is 6.22. The second kappa shape index (κ2) is 3.26. The molecule has 2 aromatic heterocycles. The van der Waals surface area contributed by atoms with Gasteiger partial charge in [-0.1, -0.05) is 6.07 Å². The zero-order valence-corrected chi connectivity index (χ0v) is 8.98. The van der Waals surface area contributed by atoms with Gasteiger partial charge in [-0.05, 0) is 31.9 Å². The Labute approximate surface area is 89.3 Å². The molecule has 1 aliphatic heterocycles. The monoisotopic (exact) mass is 201 g/mol. The van der Waals surface area contributed by atoms with Gasteiger partial charge in [0.15, 0.2) is 5.82 Å². The normalized spacial score (nSPS) is 16.5. The van der Waals surface area contributed by atoms with Crippen LogP contribution >= 0.6 is 0 Å². The van der Waals surface area contributed by atoms with E-state index < -0.39 is 0 Å². The van der Waals surface area contributed by atoms with Gasteiger partial charge in [0.1, 0.15) is 0 Å². The molecule has 3 heterocycles. The fraction of sp³-hybridized carbons (Fsp3) is 0.417. The maximum atomic E-state index is 4.64. The summed E-state index contributed by atoms with van der Waals surface area (Å²) in [5.41, 5.74) is 2.52. The lowest BCUT2D eigenvalue weighted by molar-refractivity contribution is 0.882. The Morgan fingerprint density at radius 3 is 2.73 bits per heavy atom. The Kier molecular flexibility index (Phi) is 1.91. The summed E-state index contributed by atoms with van der Waals surface area (Å²) in [6.45, 7) is 4.48. The van der Waals surface area contributed by atoms with Crippen molar-refractivity contribution < 1.29 is 0 Å². The molecule has 0 bridgehead atoms. The number of aryl methyl sites for hydroxylation is 1. The zero-order chi connectivity index (χ0) is 10.3. The topological polar surface area (TPSA) is 20.5 Å². The van der Waals surface area contributed by atoms with Crippen LogP contribution in [0.25, 0.3) is 5.52 Å². The van der Waals surface area contributed by atoms with E-state index in [0.29, 0.717) is 0 Å². The van der Waals surface area contributed by atoms with Crippen molar-refractivity contribution in [2.24, 2.45) is 0 Å². The van der Waals surface area contributed by atoms with Crippen LogP contribution in [-0.4, -0.2) is 22.7 Å². The highest BCUT2D eigenvalue weighted by molar-refractivity contribution is 5.65. The van der Waals surface area contributed by atoms with Crippen molar-refractivity contribution in [1.29, 1.82) is 0 Å². The lowest BCUT2D eigenvalue weighted by atomic mass is 10.2. The molecule has 0 unspecified atom stereocenters. The van der Waals surface area contributed by atoms with E-state index in [1.165, 1.54) is 29.7 Å². The van der Waals surface area contributed by atoms with Crippen LogP contribution in [-0.2, 0) is 0 Å². The molecule has 0 radical (unpaired) electrons. The molecule has 0 N–H and O–H groups in total. The quantitative estimate of drug-likeness (QED) is 0.705. The summed E-state index contributed by atoms with van der Waals surface area (Å²) in [7, 11) is 0. The Bertz CT molecular complexity index is 481. The molecular formula is C12H15N3. The minimum Gasteiger partial charge on any atom is -0.355 e. The summed E-state index contributed by atoms with van der Waals surface area (Å²) in [4.78, 5) is 2.39. The van der Waals surface area contributed by atoms with Crippen LogP contribution in [0.1, 0.15) is 18.4 Å². The Morgan fingerprint density at radius 1 is 1.20 bits per heavy atom. The molecule has 78 valence electrons. The van der Waals surface area contributed by atoms with Gasteiger partial charge < -0.3 is 4.90 Å². The Hall–Kier alpha value is -1.51. The van der Waals surface area contributed by atoms with Gasteiger partial charge in [-0.2, -0.15) is 0 Å². The van der Waals surface area contributed by atoms with E-state index >= 15 is 0 Å². The van der Waals surface area contributed by atoms with E-state index in [2.05, 4.69) is 29.1 Å². The van der Waals surface area contributed by atoms with E-state index in [1.807, 2.05) is 16.8 Å². The largest absolute Gasteiger partial charge is 0.355 e. The number of hydrogen-bond donors (Lipinski definition) is 0. The number of rotatable bonds is 1. The fourth-order valence-electron chi connectivity index (χ4n) is 2.34. The maximum absolute atomic E-state index is 4.64. The van der Waals surface area contributed by atoms with E-state index in [9.17, 15) is 0 Å². The van der Waals surface area contributed by atoms with Gasteiger partial charge in [-0.15, -0.1) is 5.10 Å². The molecule has 3 rings (SSSR count). The molecular weight excluding hydrogens is 186 g/mol. The van der Waals surface area contributed by atoms with Gasteiger partial charge in [0.05, 0.1) is 5.52 Å². The molecule has 0 aliphatic carbocycles. The number of fused-ring (bicyclic) bond motifs is 1. The minimum atomic E-state index is 1.16. The van der Waals surface area contributed by atoms with Gasteiger partial charge in [0.2, 0.25) is 0 Å². The molecule has 0 aromatic carbocycles. The average Bonchev–Trinajstić information content (AvgIpc) is 2.87. The number of aromatic nitrogens is 2. The van der Waals surface area contributed by atoms with Crippen molar-refractivity contribution in [2.45, 2.75) is 19.8 Å². The lowest BCUT2D eigenvalue weighted by Crippen LogP contribution is -2.18. The van der Waals surface area contributed by atoms with Crippen molar-refractivity contribution in [3.05, 3.63) is 30.0 Å². The van der Waals surface area contributed by atoms with Crippen molar-refractivity contribution in [3.8, 4) is 0 Å². The van der Waals surface area contributed by atoms with Crippen molar-refractivity contribution in [2.75, 3.05) is 18.0 Å². The molecule has 15 heavy (non-hydrogen) atoms. The molecule has 3 nitrogen and oxygen atoms in total. The summed E-state index contributed by atoms with van der Waals surface area (Å²) in [6.07, 6.45) is 4.61. The van der Waals surface area contributed by atoms with Crippen LogP contribution in [0, 0.1) is 6.92 Å². The molecule has 0 spiro atoms. The second-order valence-corrected chi connectivity index (χ2v) is 4.17. The predicted molar refractivity (Wildman–Crippen MR) is 61.4 cm³/mol. The minimum absolute atomic E-state index is 1.16. The van der Waals surface area contributed by atoms with Gasteiger partial charge >= 0.3 is 0 Å². The molecule has 0 saturated carbocycles. The van der Waals surface area contributed by atoms with Crippen LogP contribution in [0.2, 0.25) is 0 Å². The summed E-state index contributed by atoms with van der Waals surface area (Å²) < 4.78 is 1.98. The van der Waals surface area contributed by atoms with Crippen molar-refractivity contribution in [3.63, 3.8) is 0 Å². The Balaban J connectivity index is 2.14. The van der Waals surface area contributed by atoms with Crippen LogP contribution < -0.4 is 4.90 Å². The third kappa shape index (κ3) is 1.30. The van der Waals surface area contributed by atoms with Gasteiger partial charge in [0, 0.05) is 24.8 Å². The standard InChI is InChI=1S/C12H15N3/c1-10-11-6-2-3-9-15(11)13-12(10)14-7-4-5-8-14/h2-3,6,9H,4-5,7-8H2,1H3. The first-order chi connectivity index (χ1) is 7.36. The molecule has 1 aliphatic rings. The number of pyridine rings is 1. The third-order valence-corrected chi connectivity index (χ3v) is 3.17. The van der Waals surface area contributed by atoms with E-state index in [1.54, 1.807) is 0 Å². The van der Waals surface area contributed by atoms with Crippen molar-refractivity contribution in [1.82, 2.24) is 9.61 Å². The van der Waals surface area contributed by atoms with Gasteiger partial charge in [-0.25, -0.2) is 4.52 Å². The highest BCUT2D eigenvalue weighted by Gasteiger charge is 2.18. The lowest BCUT2D eigenvalue weighted by Gasteiger charge is -2.14. The summed E-state index contributed by atoms with van der Waals surface area (Å²) in [5, 5.41) is 4.64. The summed E-state index contributed by atoms with van der Waals surface area (Å²) >= 11 is 0. The van der Waals surface area contributed by atoms with Crippen LogP contribution in [0.4, 0.5) is 5.82 Å². The van der Waals surface area contributed by atoms with Gasteiger partial charge in [-0.3, -0.25) is 0 Å². The van der Waals surface area contributed by atoms with E-state index in [-0.39, 0.29) is 0 Å². The van der Waals surface area contributed by atoms with Gasteiger partial charge in [0.25, 0.3) is 0 Å². The SMILES string of the molecule is Cc1c(N2CCCC2)nn2ccccc12. The zero-order valence-electron chi connectivity index (χ0n) is 8.98. The molecule has 2 aromatic rings. The summed E-state index contributed by atoms with van der Waals surface area (Å²) in [5.74, 6) is 1.17.